The lowest BCUT2D eigenvalue weighted by Gasteiger charge is -2.59. The fraction of sp³-hybridized carbons (Fsp3) is 0.889. The van der Waals surface area contributed by atoms with Crippen LogP contribution in [0.5, 0.6) is 0 Å². The van der Waals surface area contributed by atoms with Crippen LogP contribution in [0.1, 0.15) is 66.2 Å². The monoisotopic (exact) mass is 264 g/mol. The van der Waals surface area contributed by atoms with E-state index in [1.54, 1.807) is 0 Å². The fourth-order valence-corrected chi connectivity index (χ4v) is 5.36. The van der Waals surface area contributed by atoms with Crippen LogP contribution in [0.2, 0.25) is 0 Å². The van der Waals surface area contributed by atoms with Gasteiger partial charge in [0.2, 0.25) is 0 Å². The van der Waals surface area contributed by atoms with Gasteiger partial charge in [-0.05, 0) is 54.3 Å². The predicted octanol–water partition coefficient (Wildman–Crippen LogP) is 4.50. The third-order valence-corrected chi connectivity index (χ3v) is 6.16. The van der Waals surface area contributed by atoms with Gasteiger partial charge in [0.25, 0.3) is 0 Å². The SMILES string of the molecule is C#C.C[C@H]1CCC2C(C)(C)CCC[C@]2(C)[C@H]1CCO. The zero-order chi connectivity index (χ0) is 14.7. The van der Waals surface area contributed by atoms with Crippen molar-refractivity contribution >= 4 is 0 Å². The molecule has 0 aliphatic heterocycles. The minimum Gasteiger partial charge on any atom is -0.396 e. The number of rotatable bonds is 2. The first kappa shape index (κ1) is 16.6. The molecular formula is C18H32O. The van der Waals surface area contributed by atoms with E-state index < -0.39 is 0 Å². The van der Waals surface area contributed by atoms with Crippen LogP contribution in [-0.2, 0) is 0 Å². The lowest BCUT2D eigenvalue weighted by molar-refractivity contribution is -0.0991. The Balaban J connectivity index is 0.000000861. The maximum atomic E-state index is 9.37. The topological polar surface area (TPSA) is 20.2 Å². The number of hydrogen-bond donors (Lipinski definition) is 1. The third-order valence-electron chi connectivity index (χ3n) is 6.16. The van der Waals surface area contributed by atoms with Crippen LogP contribution in [0.3, 0.4) is 0 Å². The molecule has 2 rings (SSSR count). The Morgan fingerprint density at radius 3 is 2.32 bits per heavy atom. The molecular weight excluding hydrogens is 232 g/mol. The van der Waals surface area contributed by atoms with Crippen LogP contribution in [-0.4, -0.2) is 11.7 Å². The largest absolute Gasteiger partial charge is 0.396 e. The van der Waals surface area contributed by atoms with Crippen molar-refractivity contribution in [1.29, 1.82) is 0 Å². The van der Waals surface area contributed by atoms with Gasteiger partial charge in [-0.1, -0.05) is 40.5 Å². The molecule has 1 N–H and O–H groups in total. The van der Waals surface area contributed by atoms with Crippen molar-refractivity contribution in [1.82, 2.24) is 0 Å². The molecule has 1 unspecified atom stereocenters. The molecule has 110 valence electrons. The summed E-state index contributed by atoms with van der Waals surface area (Å²) in [6.45, 7) is 10.2. The van der Waals surface area contributed by atoms with Crippen molar-refractivity contribution in [2.45, 2.75) is 66.2 Å². The molecule has 0 amide bonds. The zero-order valence-electron chi connectivity index (χ0n) is 13.3. The van der Waals surface area contributed by atoms with E-state index in [-0.39, 0.29) is 0 Å². The summed E-state index contributed by atoms with van der Waals surface area (Å²) in [6.07, 6.45) is 16.0. The van der Waals surface area contributed by atoms with Crippen LogP contribution in [0, 0.1) is 41.4 Å². The van der Waals surface area contributed by atoms with E-state index in [4.69, 9.17) is 0 Å². The van der Waals surface area contributed by atoms with E-state index in [0.29, 0.717) is 17.4 Å². The van der Waals surface area contributed by atoms with Gasteiger partial charge in [0.15, 0.2) is 0 Å². The molecule has 2 fully saturated rings. The molecule has 0 heterocycles. The summed E-state index contributed by atoms with van der Waals surface area (Å²) in [6, 6.07) is 0. The molecule has 19 heavy (non-hydrogen) atoms. The molecule has 0 aromatic rings. The van der Waals surface area contributed by atoms with E-state index in [9.17, 15) is 5.11 Å². The number of fused-ring (bicyclic) bond motifs is 1. The van der Waals surface area contributed by atoms with Crippen molar-refractivity contribution in [3.63, 3.8) is 0 Å². The molecule has 0 saturated heterocycles. The van der Waals surface area contributed by atoms with E-state index in [0.717, 1.165) is 24.2 Å². The van der Waals surface area contributed by atoms with E-state index in [2.05, 4.69) is 40.5 Å². The van der Waals surface area contributed by atoms with E-state index in [1.807, 2.05) is 0 Å². The van der Waals surface area contributed by atoms with Crippen molar-refractivity contribution in [3.05, 3.63) is 0 Å². The van der Waals surface area contributed by atoms with Crippen LogP contribution in [0.25, 0.3) is 0 Å². The average Bonchev–Trinajstić information content (AvgIpc) is 2.35. The molecule has 0 bridgehead atoms. The van der Waals surface area contributed by atoms with Crippen LogP contribution in [0.15, 0.2) is 0 Å². The third kappa shape index (κ3) is 3.00. The second-order valence-corrected chi connectivity index (χ2v) is 7.57. The molecule has 1 heteroatoms. The quantitative estimate of drug-likeness (QED) is 0.728. The summed E-state index contributed by atoms with van der Waals surface area (Å²) in [4.78, 5) is 0. The van der Waals surface area contributed by atoms with Gasteiger partial charge in [-0.2, -0.15) is 0 Å². The minimum atomic E-state index is 0.373. The second-order valence-electron chi connectivity index (χ2n) is 7.57. The Bertz CT molecular complexity index is 304. The molecule has 2 aliphatic carbocycles. The molecule has 0 aromatic heterocycles. The zero-order valence-corrected chi connectivity index (χ0v) is 13.3. The lowest BCUT2D eigenvalue weighted by atomic mass is 9.46. The van der Waals surface area contributed by atoms with E-state index >= 15 is 0 Å². The molecule has 0 aromatic carbocycles. The molecule has 1 nitrogen and oxygen atoms in total. The summed E-state index contributed by atoms with van der Waals surface area (Å²) in [5, 5.41) is 9.37. The molecule has 0 spiro atoms. The van der Waals surface area contributed by atoms with Gasteiger partial charge in [-0.25, -0.2) is 0 Å². The second kappa shape index (κ2) is 6.31. The van der Waals surface area contributed by atoms with Crippen molar-refractivity contribution < 1.29 is 5.11 Å². The first-order valence-electron chi connectivity index (χ1n) is 7.86. The summed E-state index contributed by atoms with van der Waals surface area (Å²) >= 11 is 0. The maximum absolute atomic E-state index is 9.37. The van der Waals surface area contributed by atoms with Gasteiger partial charge in [0, 0.05) is 6.61 Å². The predicted molar refractivity (Wildman–Crippen MR) is 82.7 cm³/mol. The average molecular weight is 264 g/mol. The molecule has 4 atom stereocenters. The fourth-order valence-electron chi connectivity index (χ4n) is 5.36. The highest BCUT2D eigenvalue weighted by molar-refractivity contribution is 5.02. The maximum Gasteiger partial charge on any atom is 0.0433 e. The van der Waals surface area contributed by atoms with Gasteiger partial charge in [0.1, 0.15) is 0 Å². The highest BCUT2D eigenvalue weighted by Crippen LogP contribution is 2.61. The highest BCUT2D eigenvalue weighted by atomic mass is 16.3. The van der Waals surface area contributed by atoms with Gasteiger partial charge in [-0.3, -0.25) is 0 Å². The standard InChI is InChI=1S/C16H30O.C2H2/c1-12-6-7-14-15(2,3)9-5-10-16(14,4)13(12)8-11-17;1-2/h12-14,17H,5-11H2,1-4H3;1-2H/t12-,13-,14?,16+;/m0./s1. The first-order chi connectivity index (χ1) is 8.92. The molecule has 2 saturated carbocycles. The first-order valence-corrected chi connectivity index (χ1v) is 7.86. The lowest BCUT2D eigenvalue weighted by Crippen LogP contribution is -2.51. The van der Waals surface area contributed by atoms with Crippen LogP contribution < -0.4 is 0 Å². The van der Waals surface area contributed by atoms with E-state index in [1.165, 1.54) is 32.1 Å². The Hall–Kier alpha value is -0.480. The Kier molecular flexibility index (Phi) is 5.51. The normalized spacial score (nSPS) is 40.7. The summed E-state index contributed by atoms with van der Waals surface area (Å²) in [5.41, 5.74) is 1.00. The smallest absolute Gasteiger partial charge is 0.0433 e. The van der Waals surface area contributed by atoms with Gasteiger partial charge >= 0.3 is 0 Å². The number of terminal acetylenes is 1. The number of aliphatic hydroxyl groups is 1. The Labute approximate surface area is 120 Å². The molecule has 2 aliphatic rings. The van der Waals surface area contributed by atoms with Gasteiger partial charge < -0.3 is 5.11 Å². The minimum absolute atomic E-state index is 0.373. The number of hydrogen-bond acceptors (Lipinski definition) is 1. The van der Waals surface area contributed by atoms with Crippen molar-refractivity contribution in [2.75, 3.05) is 6.61 Å². The summed E-state index contributed by atoms with van der Waals surface area (Å²) < 4.78 is 0. The summed E-state index contributed by atoms with van der Waals surface area (Å²) in [5.74, 6) is 2.42. The number of aliphatic hydroxyl groups excluding tert-OH is 1. The molecule has 0 radical (unpaired) electrons. The van der Waals surface area contributed by atoms with Gasteiger partial charge in [-0.15, -0.1) is 12.8 Å². The Morgan fingerprint density at radius 2 is 1.74 bits per heavy atom. The Morgan fingerprint density at radius 1 is 1.11 bits per heavy atom. The summed E-state index contributed by atoms with van der Waals surface area (Å²) in [7, 11) is 0. The highest BCUT2D eigenvalue weighted by Gasteiger charge is 2.53. The van der Waals surface area contributed by atoms with Crippen molar-refractivity contribution in [2.24, 2.45) is 28.6 Å². The van der Waals surface area contributed by atoms with Gasteiger partial charge in [0.05, 0.1) is 0 Å². The van der Waals surface area contributed by atoms with Crippen molar-refractivity contribution in [3.8, 4) is 12.8 Å². The van der Waals surface area contributed by atoms with Crippen LogP contribution >= 0.6 is 0 Å². The van der Waals surface area contributed by atoms with Crippen LogP contribution in [0.4, 0.5) is 0 Å².